The van der Waals surface area contributed by atoms with Gasteiger partial charge in [0.05, 0.1) is 0 Å². The summed E-state index contributed by atoms with van der Waals surface area (Å²) in [6, 6.07) is 22.2. The van der Waals surface area contributed by atoms with E-state index in [0.717, 1.165) is 22.3 Å². The lowest BCUT2D eigenvalue weighted by molar-refractivity contribution is -0.117. The highest BCUT2D eigenvalue weighted by atomic mass is 35.5. The van der Waals surface area contributed by atoms with E-state index in [9.17, 15) is 9.59 Å². The number of amides is 2. The first-order valence-corrected chi connectivity index (χ1v) is 10.7. The van der Waals surface area contributed by atoms with Crippen LogP contribution >= 0.6 is 23.2 Å². The highest BCUT2D eigenvalue weighted by Gasteiger charge is 2.00. The molecular formula is C26H22Cl2N2O2. The molecule has 0 aromatic heterocycles. The number of nitrogens with one attached hydrogen (secondary N) is 2. The second-order valence-corrected chi connectivity index (χ2v) is 7.90. The van der Waals surface area contributed by atoms with E-state index in [1.165, 1.54) is 12.2 Å². The largest absolute Gasteiger partial charge is 0.348 e. The molecule has 0 heterocycles. The molecule has 0 saturated heterocycles. The quantitative estimate of drug-likeness (QED) is 0.423. The van der Waals surface area contributed by atoms with Crippen molar-refractivity contribution in [2.45, 2.75) is 13.1 Å². The molecule has 0 fully saturated rings. The van der Waals surface area contributed by atoms with Crippen LogP contribution in [0.1, 0.15) is 22.3 Å². The number of hydrogen-bond acceptors (Lipinski definition) is 2. The van der Waals surface area contributed by atoms with E-state index in [-0.39, 0.29) is 11.8 Å². The molecule has 162 valence electrons. The van der Waals surface area contributed by atoms with Crippen LogP contribution in [-0.2, 0) is 22.7 Å². The number of hydrogen-bond donors (Lipinski definition) is 2. The maximum atomic E-state index is 12.0. The molecule has 0 saturated carbocycles. The topological polar surface area (TPSA) is 58.2 Å². The molecule has 6 heteroatoms. The van der Waals surface area contributed by atoms with Gasteiger partial charge >= 0.3 is 0 Å². The van der Waals surface area contributed by atoms with Crippen LogP contribution in [0.25, 0.3) is 12.2 Å². The summed E-state index contributed by atoms with van der Waals surface area (Å²) in [6.45, 7) is 0.821. The van der Waals surface area contributed by atoms with Crippen molar-refractivity contribution in [3.8, 4) is 0 Å². The molecule has 0 aliphatic rings. The first kappa shape index (κ1) is 23.3. The zero-order valence-corrected chi connectivity index (χ0v) is 18.7. The molecule has 0 atom stereocenters. The maximum absolute atomic E-state index is 12.0. The Kier molecular flexibility index (Phi) is 8.67. The molecule has 0 spiro atoms. The Bertz CT molecular complexity index is 1050. The van der Waals surface area contributed by atoms with E-state index >= 15 is 0 Å². The summed E-state index contributed by atoms with van der Waals surface area (Å²) in [6.07, 6.45) is 6.39. The van der Waals surface area contributed by atoms with Crippen LogP contribution in [0.5, 0.6) is 0 Å². The fraction of sp³-hybridized carbons (Fsp3) is 0.0769. The summed E-state index contributed by atoms with van der Waals surface area (Å²) in [5.41, 5.74) is 3.65. The summed E-state index contributed by atoms with van der Waals surface area (Å²) >= 11 is 11.9. The van der Waals surface area contributed by atoms with Crippen molar-refractivity contribution in [3.05, 3.63) is 117 Å². The molecule has 3 rings (SSSR count). The number of carbonyl (C=O) groups is 2. The van der Waals surface area contributed by atoms with Crippen molar-refractivity contribution >= 4 is 47.2 Å². The zero-order valence-electron chi connectivity index (χ0n) is 17.2. The van der Waals surface area contributed by atoms with Crippen molar-refractivity contribution in [3.63, 3.8) is 0 Å². The molecule has 4 nitrogen and oxygen atoms in total. The van der Waals surface area contributed by atoms with E-state index in [1.807, 2.05) is 48.5 Å². The summed E-state index contributed by atoms with van der Waals surface area (Å²) < 4.78 is 0. The minimum atomic E-state index is -0.187. The molecule has 2 amide bonds. The Morgan fingerprint density at radius 2 is 1.06 bits per heavy atom. The first-order valence-electron chi connectivity index (χ1n) is 9.99. The zero-order chi connectivity index (χ0) is 22.8. The lowest BCUT2D eigenvalue weighted by Gasteiger charge is -2.06. The molecule has 2 N–H and O–H groups in total. The normalized spacial score (nSPS) is 11.1. The van der Waals surface area contributed by atoms with Gasteiger partial charge in [-0.2, -0.15) is 0 Å². The molecular weight excluding hydrogens is 443 g/mol. The average Bonchev–Trinajstić information content (AvgIpc) is 2.79. The van der Waals surface area contributed by atoms with Crippen LogP contribution < -0.4 is 10.6 Å². The third kappa shape index (κ3) is 8.06. The Balaban J connectivity index is 1.42. The van der Waals surface area contributed by atoms with E-state index in [1.54, 1.807) is 36.4 Å². The third-order valence-electron chi connectivity index (χ3n) is 4.51. The van der Waals surface area contributed by atoms with Crippen molar-refractivity contribution in [1.82, 2.24) is 10.6 Å². The second-order valence-electron chi connectivity index (χ2n) is 7.03. The van der Waals surface area contributed by atoms with Crippen LogP contribution in [0.4, 0.5) is 0 Å². The van der Waals surface area contributed by atoms with Crippen LogP contribution in [0.3, 0.4) is 0 Å². The van der Waals surface area contributed by atoms with Crippen LogP contribution in [0.15, 0.2) is 84.9 Å². The van der Waals surface area contributed by atoms with Gasteiger partial charge in [-0.25, -0.2) is 0 Å². The van der Waals surface area contributed by atoms with Gasteiger partial charge in [0.15, 0.2) is 0 Å². The molecule has 0 unspecified atom stereocenters. The molecule has 3 aromatic carbocycles. The van der Waals surface area contributed by atoms with Crippen molar-refractivity contribution in [2.24, 2.45) is 0 Å². The van der Waals surface area contributed by atoms with Gasteiger partial charge < -0.3 is 10.6 Å². The second kappa shape index (κ2) is 11.9. The monoisotopic (exact) mass is 464 g/mol. The fourth-order valence-electron chi connectivity index (χ4n) is 2.84. The van der Waals surface area contributed by atoms with Crippen LogP contribution in [0, 0.1) is 0 Å². The standard InChI is InChI=1S/C26H22Cl2N2O2/c27-23-5-1-3-19(15-23)11-13-25(31)29-17-21-7-9-22(10-8-21)18-30-26(32)14-12-20-4-2-6-24(28)16-20/h1-16H,17-18H2,(H,29,31)(H,30,32). The maximum Gasteiger partial charge on any atom is 0.244 e. The SMILES string of the molecule is O=C(C=Cc1cccc(Cl)c1)NCc1ccc(CNC(=O)C=Cc2cccc(Cl)c2)cc1. The van der Waals surface area contributed by atoms with Crippen LogP contribution in [-0.4, -0.2) is 11.8 Å². The average molecular weight is 465 g/mol. The van der Waals surface area contributed by atoms with Gasteiger partial charge in [0.1, 0.15) is 0 Å². The minimum absolute atomic E-state index is 0.187. The van der Waals surface area contributed by atoms with E-state index in [0.29, 0.717) is 23.1 Å². The van der Waals surface area contributed by atoms with E-state index in [4.69, 9.17) is 23.2 Å². The highest BCUT2D eigenvalue weighted by Crippen LogP contribution is 2.12. The summed E-state index contributed by atoms with van der Waals surface area (Å²) in [5.74, 6) is -0.374. The van der Waals surface area contributed by atoms with Gasteiger partial charge in [-0.15, -0.1) is 0 Å². The van der Waals surface area contributed by atoms with Crippen molar-refractivity contribution in [2.75, 3.05) is 0 Å². The van der Waals surface area contributed by atoms with Gasteiger partial charge in [-0.05, 0) is 58.7 Å². The molecule has 3 aromatic rings. The predicted octanol–water partition coefficient (Wildman–Crippen LogP) is 5.65. The fourth-order valence-corrected chi connectivity index (χ4v) is 3.23. The molecule has 0 bridgehead atoms. The summed E-state index contributed by atoms with van der Waals surface area (Å²) in [7, 11) is 0. The van der Waals surface area contributed by atoms with Gasteiger partial charge in [0, 0.05) is 35.3 Å². The third-order valence-corrected chi connectivity index (χ3v) is 4.98. The van der Waals surface area contributed by atoms with E-state index < -0.39 is 0 Å². The predicted molar refractivity (Wildman–Crippen MR) is 131 cm³/mol. The Morgan fingerprint density at radius 1 is 0.656 bits per heavy atom. The van der Waals surface area contributed by atoms with Gasteiger partial charge in [-0.3, -0.25) is 9.59 Å². The van der Waals surface area contributed by atoms with E-state index in [2.05, 4.69) is 10.6 Å². The number of halogens is 2. The van der Waals surface area contributed by atoms with Gasteiger partial charge in [0.25, 0.3) is 0 Å². The molecule has 0 radical (unpaired) electrons. The highest BCUT2D eigenvalue weighted by molar-refractivity contribution is 6.31. The minimum Gasteiger partial charge on any atom is -0.348 e. The summed E-state index contributed by atoms with van der Waals surface area (Å²) in [5, 5.41) is 6.94. The molecule has 32 heavy (non-hydrogen) atoms. The number of rotatable bonds is 8. The Morgan fingerprint density at radius 3 is 1.44 bits per heavy atom. The van der Waals surface area contributed by atoms with Gasteiger partial charge in [0.2, 0.25) is 11.8 Å². The lowest BCUT2D eigenvalue weighted by atomic mass is 10.1. The molecule has 0 aliphatic carbocycles. The smallest absolute Gasteiger partial charge is 0.244 e. The summed E-state index contributed by atoms with van der Waals surface area (Å²) in [4.78, 5) is 24.0. The Labute approximate surface area is 197 Å². The van der Waals surface area contributed by atoms with Crippen molar-refractivity contribution in [1.29, 1.82) is 0 Å². The first-order chi connectivity index (χ1) is 15.5. The van der Waals surface area contributed by atoms with Crippen LogP contribution in [0.2, 0.25) is 10.0 Å². The number of carbonyl (C=O) groups excluding carboxylic acids is 2. The Hall–Kier alpha value is -3.34. The number of benzene rings is 3. The van der Waals surface area contributed by atoms with Crippen molar-refractivity contribution < 1.29 is 9.59 Å². The molecule has 0 aliphatic heterocycles. The van der Waals surface area contributed by atoms with Gasteiger partial charge in [-0.1, -0.05) is 71.7 Å². The lowest BCUT2D eigenvalue weighted by Crippen LogP contribution is -2.21.